The van der Waals surface area contributed by atoms with E-state index in [0.717, 1.165) is 6.07 Å². The van der Waals surface area contributed by atoms with E-state index in [1.807, 2.05) is 0 Å². The highest BCUT2D eigenvalue weighted by atomic mass is 19.4. The molecule has 0 aromatic heterocycles. The van der Waals surface area contributed by atoms with Gasteiger partial charge in [0.2, 0.25) is 0 Å². The van der Waals surface area contributed by atoms with Crippen molar-refractivity contribution in [1.29, 1.82) is 0 Å². The fourth-order valence-electron chi connectivity index (χ4n) is 1.47. The summed E-state index contributed by atoms with van der Waals surface area (Å²) in [7, 11) is 1.49. The molecule has 7 heteroatoms. The molecule has 20 heavy (non-hydrogen) atoms. The zero-order chi connectivity index (χ0) is 15.2. The maximum Gasteiger partial charge on any atom is 0.419 e. The average molecular weight is 294 g/mol. The molecule has 0 radical (unpaired) electrons. The zero-order valence-corrected chi connectivity index (χ0v) is 10.8. The Bertz CT molecular complexity index is 457. The molecule has 0 aliphatic heterocycles. The third kappa shape index (κ3) is 4.90. The molecule has 0 unspecified atom stereocenters. The number of ketones is 1. The van der Waals surface area contributed by atoms with Gasteiger partial charge in [-0.1, -0.05) is 0 Å². The molecular weight excluding hydrogens is 280 g/mol. The fourth-order valence-corrected chi connectivity index (χ4v) is 1.47. The number of halogens is 4. The quantitative estimate of drug-likeness (QED) is 0.440. The first-order valence-corrected chi connectivity index (χ1v) is 5.83. The lowest BCUT2D eigenvalue weighted by Gasteiger charge is -2.09. The maximum atomic E-state index is 13.1. The van der Waals surface area contributed by atoms with E-state index in [2.05, 4.69) is 0 Å². The molecule has 3 nitrogen and oxygen atoms in total. The summed E-state index contributed by atoms with van der Waals surface area (Å²) >= 11 is 0. The van der Waals surface area contributed by atoms with Gasteiger partial charge in [-0.2, -0.15) is 13.2 Å². The number of Topliss-reactive ketones (excluding diaryl/α,β-unsaturated/α-hetero) is 1. The van der Waals surface area contributed by atoms with Gasteiger partial charge in [0.05, 0.1) is 25.4 Å². The van der Waals surface area contributed by atoms with Crippen molar-refractivity contribution >= 4 is 5.78 Å². The molecule has 0 aliphatic carbocycles. The van der Waals surface area contributed by atoms with Crippen LogP contribution in [0.5, 0.6) is 0 Å². The maximum absolute atomic E-state index is 13.1. The van der Waals surface area contributed by atoms with Gasteiger partial charge in [0.25, 0.3) is 0 Å². The van der Waals surface area contributed by atoms with Crippen LogP contribution >= 0.6 is 0 Å². The van der Waals surface area contributed by atoms with E-state index in [9.17, 15) is 22.4 Å². The van der Waals surface area contributed by atoms with Crippen molar-refractivity contribution in [1.82, 2.24) is 0 Å². The normalized spacial score (nSPS) is 11.7. The molecule has 0 fully saturated rings. The van der Waals surface area contributed by atoms with Crippen molar-refractivity contribution in [3.63, 3.8) is 0 Å². The van der Waals surface area contributed by atoms with Gasteiger partial charge in [0.15, 0.2) is 5.78 Å². The van der Waals surface area contributed by atoms with Crippen LogP contribution in [0.2, 0.25) is 0 Å². The first kappa shape index (κ1) is 16.6. The van der Waals surface area contributed by atoms with Crippen LogP contribution in [-0.4, -0.2) is 32.7 Å². The van der Waals surface area contributed by atoms with Crippen LogP contribution in [0.25, 0.3) is 0 Å². The molecule has 0 atom stereocenters. The van der Waals surface area contributed by atoms with Gasteiger partial charge in [-0.05, 0) is 18.2 Å². The minimum Gasteiger partial charge on any atom is -0.382 e. The summed E-state index contributed by atoms with van der Waals surface area (Å²) in [5.74, 6) is -1.93. The van der Waals surface area contributed by atoms with Crippen molar-refractivity contribution in [2.24, 2.45) is 0 Å². The van der Waals surface area contributed by atoms with Gasteiger partial charge >= 0.3 is 6.18 Å². The average Bonchev–Trinajstić information content (AvgIpc) is 2.37. The van der Waals surface area contributed by atoms with E-state index in [4.69, 9.17) is 9.47 Å². The molecule has 1 aromatic rings. The first-order valence-electron chi connectivity index (χ1n) is 5.83. The zero-order valence-electron chi connectivity index (χ0n) is 10.8. The standard InChI is InChI=1S/C13H14F4O3/c1-19-6-7-20-5-4-12(18)9-2-3-11(14)10(8-9)13(15,16)17/h2-3,8H,4-7H2,1H3. The van der Waals surface area contributed by atoms with Crippen molar-refractivity contribution in [3.8, 4) is 0 Å². The Balaban J connectivity index is 2.65. The molecule has 112 valence electrons. The van der Waals surface area contributed by atoms with Crippen LogP contribution in [0.15, 0.2) is 18.2 Å². The Labute approximate surface area is 113 Å². The second kappa shape index (κ2) is 7.35. The molecule has 0 heterocycles. The van der Waals surface area contributed by atoms with E-state index < -0.39 is 23.3 Å². The van der Waals surface area contributed by atoms with Gasteiger partial charge in [-0.25, -0.2) is 4.39 Å². The molecule has 1 aromatic carbocycles. The minimum atomic E-state index is -4.82. The van der Waals surface area contributed by atoms with Gasteiger partial charge in [-0.15, -0.1) is 0 Å². The molecule has 1 rings (SSSR count). The smallest absolute Gasteiger partial charge is 0.382 e. The summed E-state index contributed by atoms with van der Waals surface area (Å²) in [5, 5.41) is 0. The number of carbonyl (C=O) groups is 1. The van der Waals surface area contributed by atoms with Gasteiger partial charge in [-0.3, -0.25) is 4.79 Å². The number of rotatable bonds is 7. The van der Waals surface area contributed by atoms with Gasteiger partial charge in [0, 0.05) is 19.1 Å². The number of alkyl halides is 3. The van der Waals surface area contributed by atoms with E-state index in [1.165, 1.54) is 7.11 Å². The molecule has 0 bridgehead atoms. The number of methoxy groups -OCH3 is 1. The van der Waals surface area contributed by atoms with Crippen molar-refractivity contribution in [2.75, 3.05) is 26.9 Å². The predicted molar refractivity (Wildman–Crippen MR) is 63.0 cm³/mol. The molecule has 0 aliphatic rings. The van der Waals surface area contributed by atoms with Crippen LogP contribution < -0.4 is 0 Å². The molecule has 0 saturated carbocycles. The summed E-state index contributed by atoms with van der Waals surface area (Å²) in [4.78, 5) is 11.7. The lowest BCUT2D eigenvalue weighted by Crippen LogP contribution is -2.12. The van der Waals surface area contributed by atoms with Crippen LogP contribution in [-0.2, 0) is 15.7 Å². The Morgan fingerprint density at radius 3 is 2.50 bits per heavy atom. The number of hydrogen-bond donors (Lipinski definition) is 0. The first-order chi connectivity index (χ1) is 9.36. The van der Waals surface area contributed by atoms with E-state index in [1.54, 1.807) is 0 Å². The molecule has 0 amide bonds. The second-order valence-corrected chi connectivity index (χ2v) is 3.97. The molecular formula is C13H14F4O3. The summed E-state index contributed by atoms with van der Waals surface area (Å²) < 4.78 is 60.3. The Kier molecular flexibility index (Phi) is 6.09. The molecule has 0 saturated heterocycles. The topological polar surface area (TPSA) is 35.5 Å². The third-order valence-electron chi connectivity index (χ3n) is 2.50. The fraction of sp³-hybridized carbons (Fsp3) is 0.462. The third-order valence-corrected chi connectivity index (χ3v) is 2.50. The van der Waals surface area contributed by atoms with E-state index >= 15 is 0 Å². The highest BCUT2D eigenvalue weighted by Gasteiger charge is 2.34. The Morgan fingerprint density at radius 1 is 1.20 bits per heavy atom. The van der Waals surface area contributed by atoms with Crippen molar-refractivity contribution in [2.45, 2.75) is 12.6 Å². The number of benzene rings is 1. The SMILES string of the molecule is COCCOCCC(=O)c1ccc(F)c(C(F)(F)F)c1. The summed E-state index contributed by atoms with van der Waals surface area (Å²) in [6.45, 7) is 0.727. The lowest BCUT2D eigenvalue weighted by atomic mass is 10.0. The number of carbonyl (C=O) groups excluding carboxylic acids is 1. The number of hydrogen-bond acceptors (Lipinski definition) is 3. The summed E-state index contributed by atoms with van der Waals surface area (Å²) in [6.07, 6.45) is -4.90. The number of ether oxygens (including phenoxy) is 2. The van der Waals surface area contributed by atoms with Crippen LogP contribution in [0.4, 0.5) is 17.6 Å². The monoisotopic (exact) mass is 294 g/mol. The Morgan fingerprint density at radius 2 is 1.90 bits per heavy atom. The van der Waals surface area contributed by atoms with Crippen molar-refractivity contribution in [3.05, 3.63) is 35.1 Å². The lowest BCUT2D eigenvalue weighted by molar-refractivity contribution is -0.140. The van der Waals surface area contributed by atoms with Crippen LogP contribution in [0.3, 0.4) is 0 Å². The van der Waals surface area contributed by atoms with E-state index in [-0.39, 0.29) is 18.6 Å². The molecule has 0 spiro atoms. The summed E-state index contributed by atoms with van der Waals surface area (Å²) in [5.41, 5.74) is -1.63. The van der Waals surface area contributed by atoms with Crippen LogP contribution in [0, 0.1) is 5.82 Å². The van der Waals surface area contributed by atoms with Crippen molar-refractivity contribution < 1.29 is 31.8 Å². The van der Waals surface area contributed by atoms with Gasteiger partial charge < -0.3 is 9.47 Å². The Hall–Kier alpha value is -1.47. The predicted octanol–water partition coefficient (Wildman–Crippen LogP) is 3.08. The minimum absolute atomic E-state index is 0.0704. The second-order valence-electron chi connectivity index (χ2n) is 3.97. The van der Waals surface area contributed by atoms with E-state index in [0.29, 0.717) is 25.3 Å². The highest BCUT2D eigenvalue weighted by molar-refractivity contribution is 5.96. The summed E-state index contributed by atoms with van der Waals surface area (Å²) in [6, 6.07) is 2.19. The molecule has 0 N–H and O–H groups in total. The van der Waals surface area contributed by atoms with Gasteiger partial charge in [0.1, 0.15) is 5.82 Å². The highest BCUT2D eigenvalue weighted by Crippen LogP contribution is 2.32. The largest absolute Gasteiger partial charge is 0.419 e. The van der Waals surface area contributed by atoms with Crippen LogP contribution in [0.1, 0.15) is 22.3 Å².